The summed E-state index contributed by atoms with van der Waals surface area (Å²) in [7, 11) is 0. The Kier molecular flexibility index (Phi) is 5.57. The zero-order chi connectivity index (χ0) is 19.6. The Morgan fingerprint density at radius 2 is 1.93 bits per heavy atom. The lowest BCUT2D eigenvalue weighted by Gasteiger charge is -2.16. The summed E-state index contributed by atoms with van der Waals surface area (Å²) >= 11 is 7.63. The molecule has 0 aliphatic carbocycles. The monoisotopic (exact) mass is 405 g/mol. The summed E-state index contributed by atoms with van der Waals surface area (Å²) in [4.78, 5) is 24.7. The lowest BCUT2D eigenvalue weighted by Crippen LogP contribution is -2.32. The molecule has 2 aromatic heterocycles. The zero-order valence-electron chi connectivity index (χ0n) is 15.3. The minimum Gasteiger partial charge on any atom is -0.350 e. The number of carbonyl (C=O) groups is 1. The maximum absolute atomic E-state index is 12.5. The SMILES string of the molecule is CC(C)(C)Sc1ccc2nn(CC(=O)NCc3ccccc3Cl)c(=O)n2n1. The van der Waals surface area contributed by atoms with Crippen molar-refractivity contribution in [2.24, 2.45) is 0 Å². The third kappa shape index (κ3) is 4.90. The Morgan fingerprint density at radius 3 is 2.63 bits per heavy atom. The Morgan fingerprint density at radius 1 is 1.19 bits per heavy atom. The number of carbonyl (C=O) groups excluding carboxylic acids is 1. The first-order valence-electron chi connectivity index (χ1n) is 8.39. The van der Waals surface area contributed by atoms with E-state index in [1.807, 2.05) is 24.3 Å². The second-order valence-electron chi connectivity index (χ2n) is 6.96. The average molecular weight is 406 g/mol. The van der Waals surface area contributed by atoms with Gasteiger partial charge in [-0.25, -0.2) is 9.48 Å². The summed E-state index contributed by atoms with van der Waals surface area (Å²) in [6.07, 6.45) is 0. The van der Waals surface area contributed by atoms with E-state index in [0.717, 1.165) is 15.3 Å². The molecule has 0 unspecified atom stereocenters. The van der Waals surface area contributed by atoms with Crippen LogP contribution in [0.25, 0.3) is 5.65 Å². The van der Waals surface area contributed by atoms with E-state index in [4.69, 9.17) is 11.6 Å². The molecule has 27 heavy (non-hydrogen) atoms. The van der Waals surface area contributed by atoms with Crippen LogP contribution in [0, 0.1) is 0 Å². The quantitative estimate of drug-likeness (QED) is 0.660. The Balaban J connectivity index is 1.73. The summed E-state index contributed by atoms with van der Waals surface area (Å²) < 4.78 is 2.30. The molecule has 0 saturated heterocycles. The van der Waals surface area contributed by atoms with Crippen molar-refractivity contribution in [1.82, 2.24) is 24.7 Å². The summed E-state index contributed by atoms with van der Waals surface area (Å²) in [6.45, 7) is 6.30. The van der Waals surface area contributed by atoms with Gasteiger partial charge in [0, 0.05) is 16.3 Å². The highest BCUT2D eigenvalue weighted by atomic mass is 35.5. The van der Waals surface area contributed by atoms with Crippen molar-refractivity contribution in [2.45, 2.75) is 43.6 Å². The highest BCUT2D eigenvalue weighted by molar-refractivity contribution is 8.00. The van der Waals surface area contributed by atoms with Crippen molar-refractivity contribution in [2.75, 3.05) is 0 Å². The topological polar surface area (TPSA) is 81.3 Å². The van der Waals surface area contributed by atoms with Gasteiger partial charge in [0.2, 0.25) is 5.91 Å². The second-order valence-corrected chi connectivity index (χ2v) is 9.22. The molecule has 1 N–H and O–H groups in total. The average Bonchev–Trinajstić information content (AvgIpc) is 2.88. The number of thioether (sulfide) groups is 1. The largest absolute Gasteiger partial charge is 0.367 e. The van der Waals surface area contributed by atoms with E-state index in [9.17, 15) is 9.59 Å². The number of benzene rings is 1. The van der Waals surface area contributed by atoms with E-state index in [1.54, 1.807) is 23.9 Å². The smallest absolute Gasteiger partial charge is 0.350 e. The van der Waals surface area contributed by atoms with Gasteiger partial charge in [0.1, 0.15) is 11.6 Å². The summed E-state index contributed by atoms with van der Waals surface area (Å²) in [6, 6.07) is 10.8. The fourth-order valence-corrected chi connectivity index (χ4v) is 3.48. The van der Waals surface area contributed by atoms with Crippen molar-refractivity contribution in [3.63, 3.8) is 0 Å². The molecule has 9 heteroatoms. The number of rotatable bonds is 5. The molecule has 0 saturated carbocycles. The number of amides is 1. The van der Waals surface area contributed by atoms with Gasteiger partial charge in [-0.1, -0.05) is 62.3 Å². The van der Waals surface area contributed by atoms with Gasteiger partial charge in [-0.3, -0.25) is 4.79 Å². The van der Waals surface area contributed by atoms with Crippen LogP contribution in [-0.2, 0) is 17.9 Å². The predicted octanol–water partition coefficient (Wildman–Crippen LogP) is 2.75. The summed E-state index contributed by atoms with van der Waals surface area (Å²) in [5, 5.41) is 12.5. The first kappa shape index (κ1) is 19.4. The number of aromatic nitrogens is 4. The van der Waals surface area contributed by atoms with Gasteiger partial charge in [-0.05, 0) is 23.8 Å². The fraction of sp³-hybridized carbons (Fsp3) is 0.333. The minimum atomic E-state index is -0.450. The van der Waals surface area contributed by atoms with Crippen molar-refractivity contribution in [3.05, 3.63) is 57.5 Å². The van der Waals surface area contributed by atoms with E-state index in [-0.39, 0.29) is 23.7 Å². The highest BCUT2D eigenvalue weighted by Crippen LogP contribution is 2.29. The zero-order valence-corrected chi connectivity index (χ0v) is 16.8. The first-order valence-corrected chi connectivity index (χ1v) is 9.58. The molecule has 2 heterocycles. The van der Waals surface area contributed by atoms with Gasteiger partial charge in [0.05, 0.1) is 0 Å². The predicted molar refractivity (Wildman–Crippen MR) is 106 cm³/mol. The standard InChI is InChI=1S/C18H20ClN5O2S/c1-18(2,3)27-16-9-8-14-21-23(17(26)24(14)22-16)11-15(25)20-10-12-6-4-5-7-13(12)19/h4-9H,10-11H2,1-3H3,(H,20,25). The summed E-state index contributed by atoms with van der Waals surface area (Å²) in [5.41, 5.74) is 0.756. The molecule has 3 aromatic rings. The van der Waals surface area contributed by atoms with Crippen LogP contribution in [0.4, 0.5) is 0 Å². The molecule has 0 bridgehead atoms. The van der Waals surface area contributed by atoms with E-state index in [0.29, 0.717) is 10.7 Å². The normalized spacial score (nSPS) is 11.7. The number of fused-ring (bicyclic) bond motifs is 1. The number of nitrogens with one attached hydrogen (secondary N) is 1. The molecule has 1 amide bonds. The van der Waals surface area contributed by atoms with Gasteiger partial charge in [0.15, 0.2) is 5.65 Å². The van der Waals surface area contributed by atoms with Crippen molar-refractivity contribution in [3.8, 4) is 0 Å². The van der Waals surface area contributed by atoms with E-state index < -0.39 is 5.69 Å². The maximum atomic E-state index is 12.5. The lowest BCUT2D eigenvalue weighted by molar-refractivity contribution is -0.122. The molecule has 0 radical (unpaired) electrons. The molecule has 0 fully saturated rings. The molecule has 0 atom stereocenters. The second kappa shape index (κ2) is 7.74. The van der Waals surface area contributed by atoms with Crippen molar-refractivity contribution >= 4 is 34.9 Å². The molecule has 142 valence electrons. The molecule has 3 rings (SSSR count). The third-order valence-electron chi connectivity index (χ3n) is 3.55. The first-order chi connectivity index (χ1) is 12.7. The van der Waals surface area contributed by atoms with Gasteiger partial charge in [-0.15, -0.1) is 5.10 Å². The molecule has 7 nitrogen and oxygen atoms in total. The third-order valence-corrected chi connectivity index (χ3v) is 4.96. The van der Waals surface area contributed by atoms with Crippen LogP contribution in [0.3, 0.4) is 0 Å². The van der Waals surface area contributed by atoms with Crippen LogP contribution in [0.2, 0.25) is 5.02 Å². The Labute approximate surface area is 165 Å². The van der Waals surface area contributed by atoms with E-state index in [2.05, 4.69) is 36.3 Å². The minimum absolute atomic E-state index is 0.0289. The Bertz CT molecular complexity index is 1040. The van der Waals surface area contributed by atoms with Crippen LogP contribution in [0.5, 0.6) is 0 Å². The Hall–Kier alpha value is -2.32. The number of halogens is 1. The molecule has 0 aliphatic heterocycles. The van der Waals surface area contributed by atoms with Crippen LogP contribution < -0.4 is 11.0 Å². The lowest BCUT2D eigenvalue weighted by atomic mass is 10.2. The summed E-state index contributed by atoms with van der Waals surface area (Å²) in [5.74, 6) is -0.329. The van der Waals surface area contributed by atoms with Gasteiger partial charge in [-0.2, -0.15) is 9.61 Å². The fourth-order valence-electron chi connectivity index (χ4n) is 2.39. The van der Waals surface area contributed by atoms with Gasteiger partial charge in [0.25, 0.3) is 0 Å². The number of hydrogen-bond donors (Lipinski definition) is 1. The van der Waals surface area contributed by atoms with E-state index in [1.165, 1.54) is 4.52 Å². The van der Waals surface area contributed by atoms with Crippen LogP contribution >= 0.6 is 23.4 Å². The number of nitrogens with zero attached hydrogens (tertiary/aromatic N) is 4. The molecular weight excluding hydrogens is 386 g/mol. The van der Waals surface area contributed by atoms with Crippen LogP contribution in [0.15, 0.2) is 46.2 Å². The highest BCUT2D eigenvalue weighted by Gasteiger charge is 2.16. The molecule has 1 aromatic carbocycles. The van der Waals surface area contributed by atoms with Crippen LogP contribution in [-0.4, -0.2) is 30.0 Å². The molecule has 0 spiro atoms. The van der Waals surface area contributed by atoms with Crippen molar-refractivity contribution < 1.29 is 4.79 Å². The van der Waals surface area contributed by atoms with Gasteiger partial charge >= 0.3 is 5.69 Å². The number of hydrogen-bond acceptors (Lipinski definition) is 5. The van der Waals surface area contributed by atoms with E-state index >= 15 is 0 Å². The molecule has 0 aliphatic rings. The van der Waals surface area contributed by atoms with Crippen LogP contribution in [0.1, 0.15) is 26.3 Å². The van der Waals surface area contributed by atoms with Gasteiger partial charge < -0.3 is 5.32 Å². The van der Waals surface area contributed by atoms with Crippen molar-refractivity contribution in [1.29, 1.82) is 0 Å². The maximum Gasteiger partial charge on any atom is 0.367 e. The molecular formula is C18H20ClN5O2S.